The van der Waals surface area contributed by atoms with E-state index in [1.807, 2.05) is 24.1 Å². The van der Waals surface area contributed by atoms with Crippen LogP contribution in [0.4, 0.5) is 0 Å². The molecular formula is C20H24N4O3S. The van der Waals surface area contributed by atoms with E-state index in [2.05, 4.69) is 10.3 Å². The predicted molar refractivity (Wildman–Crippen MR) is 107 cm³/mol. The molecule has 0 aliphatic carbocycles. The van der Waals surface area contributed by atoms with Gasteiger partial charge in [0.1, 0.15) is 5.84 Å². The Balaban J connectivity index is 1.38. The highest BCUT2D eigenvalue weighted by molar-refractivity contribution is 7.89. The minimum absolute atomic E-state index is 0.0435. The predicted octanol–water partition coefficient (Wildman–Crippen LogP) is 1.64. The first-order chi connectivity index (χ1) is 13.4. The maximum Gasteiger partial charge on any atom is 0.253 e. The minimum Gasteiger partial charge on any atom is -0.348 e. The van der Waals surface area contributed by atoms with Crippen molar-refractivity contribution < 1.29 is 13.2 Å². The smallest absolute Gasteiger partial charge is 0.253 e. The third-order valence-corrected chi connectivity index (χ3v) is 7.38. The number of nitrogens with zero attached hydrogens (tertiary/aromatic N) is 3. The van der Waals surface area contributed by atoms with Crippen LogP contribution in [0, 0.1) is 0 Å². The fraction of sp³-hybridized carbons (Fsp3) is 0.400. The van der Waals surface area contributed by atoms with Crippen molar-refractivity contribution in [1.29, 1.82) is 0 Å². The molecule has 1 fully saturated rings. The van der Waals surface area contributed by atoms with Crippen molar-refractivity contribution in [2.24, 2.45) is 4.99 Å². The van der Waals surface area contributed by atoms with E-state index >= 15 is 0 Å². The summed E-state index contributed by atoms with van der Waals surface area (Å²) in [4.78, 5) is 19.0. The molecule has 3 heterocycles. The van der Waals surface area contributed by atoms with E-state index in [-0.39, 0.29) is 11.9 Å². The molecule has 1 aromatic carbocycles. The summed E-state index contributed by atoms with van der Waals surface area (Å²) < 4.78 is 27.1. The van der Waals surface area contributed by atoms with Crippen molar-refractivity contribution in [3.05, 3.63) is 53.8 Å². The number of sulfonamides is 1. The van der Waals surface area contributed by atoms with Gasteiger partial charge in [0.25, 0.3) is 5.91 Å². The topological polar surface area (TPSA) is 82.1 Å². The van der Waals surface area contributed by atoms with Gasteiger partial charge in [0, 0.05) is 31.9 Å². The maximum atomic E-state index is 12.7. The standard InChI is InChI=1S/C20H24N4O3S/c1-15-3-2-11-24(15)28(26,27)18-7-4-16(5-8-18)13-22-20(25)17-6-9-19-21-10-12-23(19)14-17/h4-9,14-15H,2-3,10-13H2,1H3,(H,22,25). The molecule has 1 aromatic rings. The van der Waals surface area contributed by atoms with Gasteiger partial charge in [0.05, 0.1) is 17.0 Å². The molecule has 7 nitrogen and oxygen atoms in total. The van der Waals surface area contributed by atoms with Crippen LogP contribution in [0.15, 0.2) is 58.1 Å². The molecule has 0 aromatic heterocycles. The first-order valence-electron chi connectivity index (χ1n) is 9.55. The molecule has 1 unspecified atom stereocenters. The highest BCUT2D eigenvalue weighted by atomic mass is 32.2. The van der Waals surface area contributed by atoms with E-state index in [0.717, 1.165) is 37.3 Å². The summed E-state index contributed by atoms with van der Waals surface area (Å²) in [5.41, 5.74) is 1.44. The Morgan fingerprint density at radius 2 is 2.00 bits per heavy atom. The molecule has 0 radical (unpaired) electrons. The molecule has 148 valence electrons. The maximum absolute atomic E-state index is 12.7. The first kappa shape index (κ1) is 18.9. The molecular weight excluding hydrogens is 376 g/mol. The van der Waals surface area contributed by atoms with Crippen LogP contribution >= 0.6 is 0 Å². The van der Waals surface area contributed by atoms with Gasteiger partial charge in [-0.2, -0.15) is 4.31 Å². The largest absolute Gasteiger partial charge is 0.348 e. The van der Waals surface area contributed by atoms with Gasteiger partial charge in [-0.05, 0) is 49.6 Å². The molecule has 8 heteroatoms. The Morgan fingerprint density at radius 1 is 1.21 bits per heavy atom. The number of amides is 1. The van der Waals surface area contributed by atoms with Gasteiger partial charge in [-0.3, -0.25) is 9.79 Å². The molecule has 1 atom stereocenters. The van der Waals surface area contributed by atoms with Gasteiger partial charge in [0.15, 0.2) is 0 Å². The SMILES string of the molecule is CC1CCCN1S(=O)(=O)c1ccc(CNC(=O)C2=CN3CCN=C3C=C2)cc1. The van der Waals surface area contributed by atoms with Gasteiger partial charge in [-0.1, -0.05) is 12.1 Å². The Morgan fingerprint density at radius 3 is 2.71 bits per heavy atom. The zero-order chi connectivity index (χ0) is 19.7. The summed E-state index contributed by atoms with van der Waals surface area (Å²) in [7, 11) is -3.45. The quantitative estimate of drug-likeness (QED) is 0.815. The lowest BCUT2D eigenvalue weighted by atomic mass is 10.1. The molecule has 4 rings (SSSR count). The number of aliphatic imine (C=N–C) groups is 1. The summed E-state index contributed by atoms with van der Waals surface area (Å²) in [6, 6.07) is 6.79. The minimum atomic E-state index is -3.45. The van der Waals surface area contributed by atoms with Crippen LogP contribution in [-0.2, 0) is 21.4 Å². The van der Waals surface area contributed by atoms with E-state index in [1.54, 1.807) is 34.6 Å². The highest BCUT2D eigenvalue weighted by Crippen LogP contribution is 2.25. The van der Waals surface area contributed by atoms with Crippen LogP contribution in [0.5, 0.6) is 0 Å². The van der Waals surface area contributed by atoms with Crippen LogP contribution in [0.2, 0.25) is 0 Å². The Bertz CT molecular complexity index is 964. The van der Waals surface area contributed by atoms with E-state index in [9.17, 15) is 13.2 Å². The molecule has 0 bridgehead atoms. The second kappa shape index (κ2) is 7.52. The molecule has 1 amide bonds. The average molecular weight is 401 g/mol. The van der Waals surface area contributed by atoms with Crippen LogP contribution < -0.4 is 5.32 Å². The van der Waals surface area contributed by atoms with Gasteiger partial charge in [-0.25, -0.2) is 8.42 Å². The third kappa shape index (κ3) is 3.62. The number of rotatable bonds is 5. The summed E-state index contributed by atoms with van der Waals surface area (Å²) in [5, 5.41) is 2.88. The molecule has 28 heavy (non-hydrogen) atoms. The monoisotopic (exact) mass is 400 g/mol. The van der Waals surface area contributed by atoms with E-state index in [0.29, 0.717) is 23.6 Å². The number of nitrogens with one attached hydrogen (secondary N) is 1. The lowest BCUT2D eigenvalue weighted by molar-refractivity contribution is -0.117. The van der Waals surface area contributed by atoms with E-state index in [1.165, 1.54) is 0 Å². The van der Waals surface area contributed by atoms with Gasteiger partial charge in [0.2, 0.25) is 10.0 Å². The van der Waals surface area contributed by atoms with Crippen molar-refractivity contribution in [1.82, 2.24) is 14.5 Å². The zero-order valence-corrected chi connectivity index (χ0v) is 16.7. The average Bonchev–Trinajstić information content (AvgIpc) is 3.34. The number of amidine groups is 1. The van der Waals surface area contributed by atoms with Gasteiger partial charge >= 0.3 is 0 Å². The molecule has 0 saturated carbocycles. The molecule has 3 aliphatic rings. The number of hydrogen-bond acceptors (Lipinski definition) is 5. The second-order valence-electron chi connectivity index (χ2n) is 7.28. The third-order valence-electron chi connectivity index (χ3n) is 5.35. The lowest BCUT2D eigenvalue weighted by Gasteiger charge is -2.21. The first-order valence-corrected chi connectivity index (χ1v) is 11.0. The van der Waals surface area contributed by atoms with Crippen LogP contribution in [0.1, 0.15) is 25.3 Å². The molecule has 0 spiro atoms. The fourth-order valence-electron chi connectivity index (χ4n) is 3.73. The number of carbonyl (C=O) groups excluding carboxylic acids is 1. The van der Waals surface area contributed by atoms with E-state index < -0.39 is 10.0 Å². The van der Waals surface area contributed by atoms with Gasteiger partial charge < -0.3 is 10.2 Å². The van der Waals surface area contributed by atoms with Crippen LogP contribution in [-0.4, -0.2) is 55.0 Å². The lowest BCUT2D eigenvalue weighted by Crippen LogP contribution is -2.33. The number of fused-ring (bicyclic) bond motifs is 1. The highest BCUT2D eigenvalue weighted by Gasteiger charge is 2.32. The van der Waals surface area contributed by atoms with Gasteiger partial charge in [-0.15, -0.1) is 0 Å². The molecule has 1 N–H and O–H groups in total. The van der Waals surface area contributed by atoms with Crippen LogP contribution in [0.3, 0.4) is 0 Å². The van der Waals surface area contributed by atoms with Crippen molar-refractivity contribution in [2.45, 2.75) is 37.2 Å². The Hall–Kier alpha value is -2.45. The number of carbonyl (C=O) groups is 1. The second-order valence-corrected chi connectivity index (χ2v) is 9.18. The molecule has 1 saturated heterocycles. The number of hydrogen-bond donors (Lipinski definition) is 1. The number of benzene rings is 1. The summed E-state index contributed by atoms with van der Waals surface area (Å²) in [5.74, 6) is 0.727. The normalized spacial score (nSPS) is 22.0. The fourth-order valence-corrected chi connectivity index (χ4v) is 5.43. The summed E-state index contributed by atoms with van der Waals surface area (Å²) in [6.07, 6.45) is 7.23. The zero-order valence-electron chi connectivity index (χ0n) is 15.8. The van der Waals surface area contributed by atoms with Crippen molar-refractivity contribution in [3.8, 4) is 0 Å². The Kier molecular flexibility index (Phi) is 5.07. The molecule has 3 aliphatic heterocycles. The van der Waals surface area contributed by atoms with Crippen molar-refractivity contribution in [3.63, 3.8) is 0 Å². The van der Waals surface area contributed by atoms with Crippen molar-refractivity contribution in [2.75, 3.05) is 19.6 Å². The van der Waals surface area contributed by atoms with E-state index in [4.69, 9.17) is 0 Å². The van der Waals surface area contributed by atoms with Crippen LogP contribution in [0.25, 0.3) is 0 Å². The Labute approximate surface area is 165 Å². The van der Waals surface area contributed by atoms with Crippen molar-refractivity contribution >= 4 is 21.8 Å². The summed E-state index contributed by atoms with van der Waals surface area (Å²) in [6.45, 7) is 4.40. The summed E-state index contributed by atoms with van der Waals surface area (Å²) >= 11 is 0.